The quantitative estimate of drug-likeness (QED) is 0.287. The van der Waals surface area contributed by atoms with Gasteiger partial charge in [0.15, 0.2) is 10.7 Å². The standard InChI is InChI=1S/C25H17F3N6O2S2/c1-13-8-9-19(31-12-13)24-33-21(22(37-24)18-10-11-30-25(29)32-18)14-4-2-7-17(20(14)28)34-38(35,36)23-15(26)5-3-6-16(23)27/h2-12,34H,1H3,(H2,29,30,32). The Morgan fingerprint density at radius 1 is 0.895 bits per heavy atom. The van der Waals surface area contributed by atoms with Gasteiger partial charge in [0.25, 0.3) is 10.0 Å². The highest BCUT2D eigenvalue weighted by Crippen LogP contribution is 2.41. The first-order valence-electron chi connectivity index (χ1n) is 10.9. The first kappa shape index (κ1) is 25.3. The molecule has 5 aromatic rings. The van der Waals surface area contributed by atoms with Crippen molar-refractivity contribution in [1.29, 1.82) is 0 Å². The molecule has 0 fully saturated rings. The van der Waals surface area contributed by atoms with Gasteiger partial charge in [-0.1, -0.05) is 18.2 Å². The molecular weight excluding hydrogens is 537 g/mol. The second-order valence-electron chi connectivity index (χ2n) is 8.04. The molecule has 0 unspecified atom stereocenters. The molecule has 0 saturated heterocycles. The summed E-state index contributed by atoms with van der Waals surface area (Å²) in [5, 5.41) is 0.450. The fourth-order valence-electron chi connectivity index (χ4n) is 3.61. The van der Waals surface area contributed by atoms with E-state index < -0.39 is 38.1 Å². The fourth-order valence-corrected chi connectivity index (χ4v) is 5.83. The van der Waals surface area contributed by atoms with E-state index in [9.17, 15) is 17.2 Å². The Kier molecular flexibility index (Phi) is 6.55. The predicted octanol–water partition coefficient (Wildman–Crippen LogP) is 5.44. The van der Waals surface area contributed by atoms with E-state index in [1.165, 1.54) is 29.7 Å². The average Bonchev–Trinajstić information content (AvgIpc) is 3.31. The molecule has 192 valence electrons. The van der Waals surface area contributed by atoms with E-state index >= 15 is 4.39 Å². The van der Waals surface area contributed by atoms with E-state index in [-0.39, 0.29) is 17.2 Å². The zero-order valence-corrected chi connectivity index (χ0v) is 21.1. The minimum atomic E-state index is -4.81. The van der Waals surface area contributed by atoms with Crippen LogP contribution < -0.4 is 10.5 Å². The molecular formula is C25H17F3N6O2S2. The van der Waals surface area contributed by atoms with Crippen LogP contribution in [0.2, 0.25) is 0 Å². The van der Waals surface area contributed by atoms with Gasteiger partial charge in [-0.3, -0.25) is 9.71 Å². The minimum absolute atomic E-state index is 0.00856. The van der Waals surface area contributed by atoms with Crippen LogP contribution in [0.1, 0.15) is 5.56 Å². The third-order valence-electron chi connectivity index (χ3n) is 5.35. The van der Waals surface area contributed by atoms with Gasteiger partial charge in [-0.25, -0.2) is 36.5 Å². The summed E-state index contributed by atoms with van der Waals surface area (Å²) in [6, 6.07) is 11.7. The number of aryl methyl sites for hydroxylation is 1. The van der Waals surface area contributed by atoms with E-state index in [1.807, 2.05) is 17.7 Å². The molecule has 8 nitrogen and oxygen atoms in total. The number of nitrogens with two attached hydrogens (primary N) is 1. The van der Waals surface area contributed by atoms with Crippen LogP contribution in [0.4, 0.5) is 24.8 Å². The van der Waals surface area contributed by atoms with Crippen molar-refractivity contribution < 1.29 is 21.6 Å². The van der Waals surface area contributed by atoms with Crippen molar-refractivity contribution in [3.05, 3.63) is 90.0 Å². The number of nitrogens with one attached hydrogen (secondary N) is 1. The maximum Gasteiger partial charge on any atom is 0.267 e. The number of rotatable bonds is 6. The predicted molar refractivity (Wildman–Crippen MR) is 138 cm³/mol. The summed E-state index contributed by atoms with van der Waals surface area (Å²) in [5.41, 5.74) is 7.12. The largest absolute Gasteiger partial charge is 0.368 e. The van der Waals surface area contributed by atoms with Gasteiger partial charge in [-0.05, 0) is 48.9 Å². The zero-order chi connectivity index (χ0) is 27.0. The summed E-state index contributed by atoms with van der Waals surface area (Å²) in [7, 11) is -4.81. The van der Waals surface area contributed by atoms with E-state index in [1.54, 1.807) is 18.3 Å². The van der Waals surface area contributed by atoms with Gasteiger partial charge in [0.05, 0.1) is 27.6 Å². The van der Waals surface area contributed by atoms with Gasteiger partial charge < -0.3 is 5.73 Å². The number of aromatic nitrogens is 4. The molecule has 0 atom stereocenters. The van der Waals surface area contributed by atoms with Crippen LogP contribution in [-0.2, 0) is 10.0 Å². The molecule has 3 N–H and O–H groups in total. The number of hydrogen-bond donors (Lipinski definition) is 2. The van der Waals surface area contributed by atoms with E-state index in [0.717, 1.165) is 29.8 Å². The molecule has 0 aliphatic rings. The Bertz CT molecular complexity index is 1760. The van der Waals surface area contributed by atoms with E-state index in [4.69, 9.17) is 5.73 Å². The third kappa shape index (κ3) is 4.80. The number of sulfonamides is 1. The molecule has 3 heterocycles. The average molecular weight is 555 g/mol. The first-order valence-corrected chi connectivity index (χ1v) is 13.2. The van der Waals surface area contributed by atoms with Gasteiger partial charge in [0, 0.05) is 18.0 Å². The van der Waals surface area contributed by atoms with Crippen LogP contribution in [0.5, 0.6) is 0 Å². The highest BCUT2D eigenvalue weighted by atomic mass is 32.2. The minimum Gasteiger partial charge on any atom is -0.368 e. The number of anilines is 2. The van der Waals surface area contributed by atoms with E-state index in [2.05, 4.69) is 19.9 Å². The van der Waals surface area contributed by atoms with Crippen molar-refractivity contribution in [3.8, 4) is 32.5 Å². The van der Waals surface area contributed by atoms with Crippen molar-refractivity contribution in [2.45, 2.75) is 11.8 Å². The molecule has 2 aromatic carbocycles. The van der Waals surface area contributed by atoms with Crippen LogP contribution in [0.25, 0.3) is 32.5 Å². The highest BCUT2D eigenvalue weighted by molar-refractivity contribution is 7.92. The number of pyridine rings is 1. The Hall–Kier alpha value is -4.36. The molecule has 0 bridgehead atoms. The monoisotopic (exact) mass is 554 g/mol. The van der Waals surface area contributed by atoms with Crippen molar-refractivity contribution in [2.75, 3.05) is 10.5 Å². The van der Waals surface area contributed by atoms with Crippen LogP contribution in [0.15, 0.2) is 71.9 Å². The summed E-state index contributed by atoms with van der Waals surface area (Å²) in [6.07, 6.45) is 3.10. The first-order chi connectivity index (χ1) is 18.1. The van der Waals surface area contributed by atoms with E-state index in [0.29, 0.717) is 21.3 Å². The summed E-state index contributed by atoms with van der Waals surface area (Å²) in [4.78, 5) is 16.3. The van der Waals surface area contributed by atoms with Gasteiger partial charge in [0.2, 0.25) is 5.95 Å². The maximum atomic E-state index is 15.8. The second kappa shape index (κ2) is 9.84. The molecule has 0 spiro atoms. The van der Waals surface area contributed by atoms with Crippen molar-refractivity contribution in [1.82, 2.24) is 19.9 Å². The fraction of sp³-hybridized carbons (Fsp3) is 0.0400. The van der Waals surface area contributed by atoms with Crippen LogP contribution in [0, 0.1) is 24.4 Å². The number of nitrogens with zero attached hydrogens (tertiary/aromatic N) is 4. The molecule has 0 aliphatic heterocycles. The van der Waals surface area contributed by atoms with Gasteiger partial charge in [-0.2, -0.15) is 0 Å². The summed E-state index contributed by atoms with van der Waals surface area (Å²) >= 11 is 1.18. The van der Waals surface area contributed by atoms with Gasteiger partial charge >= 0.3 is 0 Å². The summed E-state index contributed by atoms with van der Waals surface area (Å²) < 4.78 is 71.6. The molecule has 0 amide bonds. The number of halogens is 3. The van der Waals surface area contributed by atoms with Crippen molar-refractivity contribution in [3.63, 3.8) is 0 Å². The third-order valence-corrected chi connectivity index (χ3v) is 7.87. The number of hydrogen-bond acceptors (Lipinski definition) is 8. The lowest BCUT2D eigenvalue weighted by atomic mass is 10.1. The molecule has 38 heavy (non-hydrogen) atoms. The molecule has 0 aliphatic carbocycles. The van der Waals surface area contributed by atoms with Crippen LogP contribution in [0.3, 0.4) is 0 Å². The molecule has 0 saturated carbocycles. The number of benzene rings is 2. The Morgan fingerprint density at radius 3 is 2.32 bits per heavy atom. The highest BCUT2D eigenvalue weighted by Gasteiger charge is 2.27. The Balaban J connectivity index is 1.64. The SMILES string of the molecule is Cc1ccc(-c2nc(-c3cccc(NS(=O)(=O)c4c(F)cccc4F)c3F)c(-c3ccnc(N)n3)s2)nc1. The van der Waals surface area contributed by atoms with Crippen molar-refractivity contribution in [2.24, 2.45) is 0 Å². The Morgan fingerprint density at radius 2 is 1.63 bits per heavy atom. The lowest BCUT2D eigenvalue weighted by Crippen LogP contribution is -2.17. The normalized spacial score (nSPS) is 11.5. The summed E-state index contributed by atoms with van der Waals surface area (Å²) in [6.45, 7) is 1.88. The number of thiazole rings is 1. The molecule has 3 aromatic heterocycles. The topological polar surface area (TPSA) is 124 Å². The lowest BCUT2D eigenvalue weighted by molar-refractivity contribution is 0.521. The summed E-state index contributed by atoms with van der Waals surface area (Å²) in [5.74, 6) is -3.64. The molecule has 5 rings (SSSR count). The van der Waals surface area contributed by atoms with Crippen LogP contribution in [-0.4, -0.2) is 28.4 Å². The second-order valence-corrected chi connectivity index (χ2v) is 10.7. The maximum absolute atomic E-state index is 15.8. The zero-order valence-electron chi connectivity index (χ0n) is 19.5. The molecule has 13 heteroatoms. The smallest absolute Gasteiger partial charge is 0.267 e. The van der Waals surface area contributed by atoms with Crippen molar-refractivity contribution >= 4 is 33.0 Å². The molecule has 0 radical (unpaired) electrons. The van der Waals surface area contributed by atoms with Crippen LogP contribution >= 0.6 is 11.3 Å². The number of nitrogen functional groups attached to an aromatic ring is 1. The Labute approximate surface area is 219 Å². The lowest BCUT2D eigenvalue weighted by Gasteiger charge is -2.12. The van der Waals surface area contributed by atoms with Gasteiger partial charge in [0.1, 0.15) is 16.6 Å². The van der Waals surface area contributed by atoms with Gasteiger partial charge in [-0.15, -0.1) is 11.3 Å².